The van der Waals surface area contributed by atoms with Crippen molar-refractivity contribution >= 4 is 10.1 Å². The van der Waals surface area contributed by atoms with Crippen molar-refractivity contribution in [3.63, 3.8) is 0 Å². The quantitative estimate of drug-likeness (QED) is 0.771. The largest absolute Gasteiger partial charge is 0.508 e. The third kappa shape index (κ3) is 3.98. The number of hydrogen-bond acceptors (Lipinski definition) is 4. The fraction of sp³-hybridized carbons (Fsp3) is 0.400. The molecule has 5 heteroatoms. The van der Waals surface area contributed by atoms with Crippen LogP contribution < -0.4 is 4.18 Å². The number of hydrogen-bond donors (Lipinski definition) is 1. The fourth-order valence-corrected chi connectivity index (χ4v) is 4.09. The number of aromatic hydroxyl groups is 1. The van der Waals surface area contributed by atoms with E-state index >= 15 is 0 Å². The summed E-state index contributed by atoms with van der Waals surface area (Å²) in [6, 6.07) is 11.3. The van der Waals surface area contributed by atoms with E-state index in [9.17, 15) is 13.5 Å². The maximum atomic E-state index is 11.5. The molecule has 2 rings (SSSR count). The zero-order valence-electron chi connectivity index (χ0n) is 15.5. The average Bonchev–Trinajstić information content (AvgIpc) is 2.53. The lowest BCUT2D eigenvalue weighted by atomic mass is 9.70. The molecule has 0 unspecified atom stereocenters. The molecule has 0 aliphatic carbocycles. The molecule has 0 spiro atoms. The zero-order valence-corrected chi connectivity index (χ0v) is 16.3. The van der Waals surface area contributed by atoms with Crippen molar-refractivity contribution < 1.29 is 17.7 Å². The van der Waals surface area contributed by atoms with Gasteiger partial charge in [-0.25, -0.2) is 0 Å². The van der Waals surface area contributed by atoms with Gasteiger partial charge in [0.25, 0.3) is 0 Å². The molecule has 2 aromatic rings. The van der Waals surface area contributed by atoms with Gasteiger partial charge < -0.3 is 9.29 Å². The first-order chi connectivity index (χ1) is 11.6. The van der Waals surface area contributed by atoms with Crippen LogP contribution in [-0.2, 0) is 15.5 Å². The highest BCUT2D eigenvalue weighted by Gasteiger charge is 2.31. The molecule has 0 fully saturated rings. The van der Waals surface area contributed by atoms with Crippen molar-refractivity contribution in [1.82, 2.24) is 0 Å². The molecule has 1 N–H and O–H groups in total. The maximum Gasteiger partial charge on any atom is 0.306 e. The first kappa shape index (κ1) is 19.3. The number of rotatable bonds is 6. The molecule has 0 radical (unpaired) electrons. The molecule has 0 atom stereocenters. The highest BCUT2D eigenvalue weighted by atomic mass is 32.2. The summed E-state index contributed by atoms with van der Waals surface area (Å²) in [5, 5.41) is 9.60. The van der Waals surface area contributed by atoms with Crippen LogP contribution in [0.5, 0.6) is 11.5 Å². The first-order valence-electron chi connectivity index (χ1n) is 8.43. The summed E-state index contributed by atoms with van der Waals surface area (Å²) in [5.74, 6) is 0.646. The van der Waals surface area contributed by atoms with Crippen molar-refractivity contribution in [3.8, 4) is 11.5 Å². The van der Waals surface area contributed by atoms with E-state index in [4.69, 9.17) is 4.18 Å². The van der Waals surface area contributed by atoms with E-state index in [1.165, 1.54) is 0 Å². The van der Waals surface area contributed by atoms with Gasteiger partial charge in [0.15, 0.2) is 0 Å². The van der Waals surface area contributed by atoms with Gasteiger partial charge in [-0.1, -0.05) is 38.1 Å². The number of benzene rings is 2. The van der Waals surface area contributed by atoms with Gasteiger partial charge in [0.1, 0.15) is 11.5 Å². The van der Waals surface area contributed by atoms with Crippen LogP contribution in [0.3, 0.4) is 0 Å². The zero-order chi connectivity index (χ0) is 18.8. The van der Waals surface area contributed by atoms with Crippen LogP contribution in [-0.4, -0.2) is 19.8 Å². The first-order valence-corrected chi connectivity index (χ1v) is 10.2. The Bertz CT molecular complexity index is 825. The lowest BCUT2D eigenvalue weighted by Crippen LogP contribution is -2.26. The highest BCUT2D eigenvalue weighted by Crippen LogP contribution is 2.41. The molecule has 0 aliphatic rings. The van der Waals surface area contributed by atoms with Gasteiger partial charge in [0.05, 0.1) is 6.26 Å². The molecule has 4 nitrogen and oxygen atoms in total. The van der Waals surface area contributed by atoms with E-state index in [0.717, 1.165) is 41.4 Å². The van der Waals surface area contributed by atoms with Gasteiger partial charge in [0.2, 0.25) is 0 Å². The van der Waals surface area contributed by atoms with E-state index in [1.807, 2.05) is 38.1 Å². The van der Waals surface area contributed by atoms with Crippen LogP contribution in [0.25, 0.3) is 0 Å². The maximum absolute atomic E-state index is 11.5. The second-order valence-corrected chi connectivity index (χ2v) is 8.14. The predicted molar refractivity (Wildman–Crippen MR) is 101 cm³/mol. The predicted octanol–water partition coefficient (Wildman–Crippen LogP) is 4.45. The van der Waals surface area contributed by atoms with Gasteiger partial charge in [-0.2, -0.15) is 8.42 Å². The third-order valence-corrected chi connectivity index (χ3v) is 5.34. The monoisotopic (exact) mass is 362 g/mol. The molecular weight excluding hydrogens is 336 g/mol. The van der Waals surface area contributed by atoms with E-state index in [2.05, 4.69) is 13.8 Å². The van der Waals surface area contributed by atoms with Crippen molar-refractivity contribution in [2.75, 3.05) is 6.26 Å². The second kappa shape index (κ2) is 7.08. The Labute approximate surface area is 150 Å². The minimum absolute atomic E-state index is 0.202. The summed E-state index contributed by atoms with van der Waals surface area (Å²) in [4.78, 5) is 0. The van der Waals surface area contributed by atoms with Gasteiger partial charge in [-0.15, -0.1) is 0 Å². The molecule has 25 heavy (non-hydrogen) atoms. The van der Waals surface area contributed by atoms with Crippen LogP contribution in [0.15, 0.2) is 36.4 Å². The molecule has 0 heterocycles. The fourth-order valence-electron chi connectivity index (χ4n) is 3.52. The lowest BCUT2D eigenvalue weighted by Gasteiger charge is -2.34. The summed E-state index contributed by atoms with van der Waals surface area (Å²) in [7, 11) is -3.57. The molecule has 0 saturated heterocycles. The highest BCUT2D eigenvalue weighted by molar-refractivity contribution is 7.86. The molecule has 136 valence electrons. The SMILES string of the molecule is CCC(CC)(c1ccc(O)cc1)c1cc(C)c(OS(C)(=O)=O)c(C)c1. The molecule has 0 saturated carbocycles. The Balaban J connectivity index is 2.62. The van der Waals surface area contributed by atoms with Crippen LogP contribution in [0.4, 0.5) is 0 Å². The Morgan fingerprint density at radius 3 is 1.84 bits per heavy atom. The molecular formula is C20H26O4S. The number of aryl methyl sites for hydroxylation is 2. The van der Waals surface area contributed by atoms with Gasteiger partial charge in [0, 0.05) is 5.41 Å². The Morgan fingerprint density at radius 2 is 1.44 bits per heavy atom. The lowest BCUT2D eigenvalue weighted by molar-refractivity contribution is 0.464. The standard InChI is InChI=1S/C20H26O4S/c1-6-20(7-2,16-8-10-18(21)11-9-16)17-12-14(3)19(15(4)13-17)24-25(5,22)23/h8-13,21H,6-7H2,1-5H3. The van der Waals surface area contributed by atoms with E-state index in [-0.39, 0.29) is 11.2 Å². The second-order valence-electron chi connectivity index (χ2n) is 6.56. The average molecular weight is 362 g/mol. The normalized spacial score (nSPS) is 12.2. The van der Waals surface area contributed by atoms with Crippen molar-refractivity contribution in [1.29, 1.82) is 0 Å². The Hall–Kier alpha value is -2.01. The van der Waals surface area contributed by atoms with Gasteiger partial charge in [-0.3, -0.25) is 0 Å². The summed E-state index contributed by atoms with van der Waals surface area (Å²) >= 11 is 0. The van der Waals surface area contributed by atoms with E-state index < -0.39 is 10.1 Å². The van der Waals surface area contributed by atoms with Crippen LogP contribution in [0, 0.1) is 13.8 Å². The Kier molecular flexibility index (Phi) is 5.47. The van der Waals surface area contributed by atoms with E-state index in [0.29, 0.717) is 5.75 Å². The third-order valence-electron chi connectivity index (χ3n) is 4.87. The summed E-state index contributed by atoms with van der Waals surface area (Å²) in [6.45, 7) is 8.01. The summed E-state index contributed by atoms with van der Waals surface area (Å²) in [6.07, 6.45) is 2.83. The minimum atomic E-state index is -3.57. The van der Waals surface area contributed by atoms with Crippen molar-refractivity contribution in [2.24, 2.45) is 0 Å². The minimum Gasteiger partial charge on any atom is -0.508 e. The topological polar surface area (TPSA) is 63.6 Å². The smallest absolute Gasteiger partial charge is 0.306 e. The number of phenolic OH excluding ortho intramolecular Hbond substituents is 1. The van der Waals surface area contributed by atoms with Gasteiger partial charge in [-0.05, 0) is 61.1 Å². The van der Waals surface area contributed by atoms with E-state index in [1.54, 1.807) is 12.1 Å². The summed E-state index contributed by atoms with van der Waals surface area (Å²) in [5.41, 5.74) is 3.65. The van der Waals surface area contributed by atoms with Crippen LogP contribution in [0.2, 0.25) is 0 Å². The number of phenols is 1. The molecule has 0 amide bonds. The van der Waals surface area contributed by atoms with Crippen molar-refractivity contribution in [2.45, 2.75) is 46.0 Å². The molecule has 2 aromatic carbocycles. The molecule has 0 aliphatic heterocycles. The van der Waals surface area contributed by atoms with Crippen LogP contribution >= 0.6 is 0 Å². The van der Waals surface area contributed by atoms with Gasteiger partial charge >= 0.3 is 10.1 Å². The Morgan fingerprint density at radius 1 is 0.960 bits per heavy atom. The molecule has 0 aromatic heterocycles. The van der Waals surface area contributed by atoms with Crippen molar-refractivity contribution in [3.05, 3.63) is 58.7 Å². The summed E-state index contributed by atoms with van der Waals surface area (Å²) < 4.78 is 28.2. The van der Waals surface area contributed by atoms with Crippen LogP contribution in [0.1, 0.15) is 48.9 Å². The molecule has 0 bridgehead atoms.